The normalized spacial score (nSPS) is 11.0. The molecule has 0 aliphatic heterocycles. The van der Waals surface area contributed by atoms with E-state index in [4.69, 9.17) is 0 Å². The second kappa shape index (κ2) is 6.74. The number of fused-ring (bicyclic) bond motifs is 1. The monoisotopic (exact) mass is 290 g/mol. The minimum atomic E-state index is 1.13. The van der Waals surface area contributed by atoms with Crippen molar-refractivity contribution in [2.45, 2.75) is 39.5 Å². The summed E-state index contributed by atoms with van der Waals surface area (Å²) in [6, 6.07) is 21.9. The van der Waals surface area contributed by atoms with E-state index in [0.717, 1.165) is 6.42 Å². The Morgan fingerprint density at radius 3 is 2.41 bits per heavy atom. The van der Waals surface area contributed by atoms with E-state index in [1.165, 1.54) is 47.1 Å². The number of nitrogens with zero attached hydrogens (tertiary/aromatic N) is 1. The van der Waals surface area contributed by atoms with Crippen molar-refractivity contribution in [3.63, 3.8) is 0 Å². The SMILES string of the molecule is CCCCCc1ccc2c(C)cccc2[n+]1-c1ccccc1. The number of unbranched alkanes of at least 4 members (excludes halogenated alkanes) is 2. The Morgan fingerprint density at radius 2 is 1.64 bits per heavy atom. The maximum atomic E-state index is 2.43. The van der Waals surface area contributed by atoms with Gasteiger partial charge in [0.2, 0.25) is 11.2 Å². The van der Waals surface area contributed by atoms with Gasteiger partial charge in [0.05, 0.1) is 0 Å². The molecule has 3 rings (SSSR count). The molecule has 0 radical (unpaired) electrons. The van der Waals surface area contributed by atoms with Crippen molar-refractivity contribution in [1.82, 2.24) is 0 Å². The van der Waals surface area contributed by atoms with Crippen LogP contribution in [0.25, 0.3) is 16.6 Å². The van der Waals surface area contributed by atoms with E-state index in [1.807, 2.05) is 0 Å². The zero-order chi connectivity index (χ0) is 15.4. The lowest BCUT2D eigenvalue weighted by atomic mass is 10.1. The fourth-order valence-electron chi connectivity index (χ4n) is 3.12. The summed E-state index contributed by atoms with van der Waals surface area (Å²) in [5.74, 6) is 0. The van der Waals surface area contributed by atoms with Crippen LogP contribution in [0.5, 0.6) is 0 Å². The van der Waals surface area contributed by atoms with Crippen molar-refractivity contribution in [1.29, 1.82) is 0 Å². The Morgan fingerprint density at radius 1 is 0.818 bits per heavy atom. The van der Waals surface area contributed by atoms with Gasteiger partial charge in [0.25, 0.3) is 0 Å². The average molecular weight is 290 g/mol. The van der Waals surface area contributed by atoms with Crippen LogP contribution in [0.1, 0.15) is 37.4 Å². The van der Waals surface area contributed by atoms with Crippen molar-refractivity contribution >= 4 is 10.9 Å². The molecule has 2 aromatic carbocycles. The fraction of sp³-hybridized carbons (Fsp3) is 0.286. The summed E-state index contributed by atoms with van der Waals surface area (Å²) < 4.78 is 2.43. The first kappa shape index (κ1) is 14.8. The van der Waals surface area contributed by atoms with Gasteiger partial charge in [-0.05, 0) is 25.0 Å². The summed E-state index contributed by atoms with van der Waals surface area (Å²) in [4.78, 5) is 0. The third-order valence-corrected chi connectivity index (χ3v) is 4.32. The number of pyridine rings is 1. The van der Waals surface area contributed by atoms with E-state index < -0.39 is 0 Å². The van der Waals surface area contributed by atoms with Crippen LogP contribution in [-0.4, -0.2) is 0 Å². The minimum absolute atomic E-state index is 1.13. The Kier molecular flexibility index (Phi) is 4.53. The van der Waals surface area contributed by atoms with Crippen LogP contribution in [-0.2, 0) is 6.42 Å². The molecule has 1 heterocycles. The molecule has 1 aromatic heterocycles. The Hall–Kier alpha value is -2.15. The van der Waals surface area contributed by atoms with Crippen LogP contribution < -0.4 is 4.57 Å². The van der Waals surface area contributed by atoms with Crippen LogP contribution in [0.4, 0.5) is 0 Å². The summed E-state index contributed by atoms with van der Waals surface area (Å²) in [6.45, 7) is 4.45. The molecular weight excluding hydrogens is 266 g/mol. The molecular formula is C21H24N+. The highest BCUT2D eigenvalue weighted by Gasteiger charge is 2.18. The molecule has 22 heavy (non-hydrogen) atoms. The molecule has 0 N–H and O–H groups in total. The number of hydrogen-bond donors (Lipinski definition) is 0. The van der Waals surface area contributed by atoms with Crippen LogP contribution in [0.3, 0.4) is 0 Å². The highest BCUT2D eigenvalue weighted by Crippen LogP contribution is 2.18. The molecule has 0 aliphatic rings. The Bertz CT molecular complexity index is 759. The van der Waals surface area contributed by atoms with E-state index >= 15 is 0 Å². The lowest BCUT2D eigenvalue weighted by Gasteiger charge is -2.08. The topological polar surface area (TPSA) is 3.88 Å². The molecule has 0 saturated heterocycles. The zero-order valence-electron chi connectivity index (χ0n) is 13.5. The van der Waals surface area contributed by atoms with Crippen molar-refractivity contribution in [3.05, 3.63) is 71.9 Å². The van der Waals surface area contributed by atoms with Crippen molar-refractivity contribution < 1.29 is 4.57 Å². The molecule has 0 fully saturated rings. The largest absolute Gasteiger partial charge is 0.218 e. The van der Waals surface area contributed by atoms with Gasteiger partial charge in [-0.25, -0.2) is 0 Å². The lowest BCUT2D eigenvalue weighted by molar-refractivity contribution is -0.576. The lowest BCUT2D eigenvalue weighted by Crippen LogP contribution is -2.36. The Balaban J connectivity index is 2.18. The second-order valence-electron chi connectivity index (χ2n) is 5.96. The van der Waals surface area contributed by atoms with Gasteiger partial charge in [-0.2, -0.15) is 4.57 Å². The number of aryl methyl sites for hydroxylation is 2. The molecule has 3 aromatic rings. The van der Waals surface area contributed by atoms with Gasteiger partial charge in [-0.3, -0.25) is 0 Å². The standard InChI is InChI=1S/C21H24N/c1-3-4-6-11-19-15-16-20-17(2)10-9-14-21(20)22(19)18-12-7-5-8-13-18/h5,7-10,12-16H,3-4,6,11H2,1-2H3/q+1. The van der Waals surface area contributed by atoms with Crippen molar-refractivity contribution in [3.8, 4) is 5.69 Å². The van der Waals surface area contributed by atoms with Gasteiger partial charge in [0, 0.05) is 36.1 Å². The summed E-state index contributed by atoms with van der Waals surface area (Å²) in [5, 5.41) is 1.34. The third kappa shape index (κ3) is 2.89. The van der Waals surface area contributed by atoms with Gasteiger partial charge in [0.1, 0.15) is 0 Å². The predicted octanol–water partition coefficient (Wildman–Crippen LogP) is 5.16. The average Bonchev–Trinajstić information content (AvgIpc) is 2.56. The third-order valence-electron chi connectivity index (χ3n) is 4.32. The van der Waals surface area contributed by atoms with E-state index in [1.54, 1.807) is 0 Å². The van der Waals surface area contributed by atoms with E-state index in [-0.39, 0.29) is 0 Å². The van der Waals surface area contributed by atoms with Gasteiger partial charge in [-0.15, -0.1) is 0 Å². The smallest absolute Gasteiger partial charge is 0.157 e. The van der Waals surface area contributed by atoms with Crippen molar-refractivity contribution in [2.75, 3.05) is 0 Å². The number of rotatable bonds is 5. The molecule has 0 spiro atoms. The molecule has 1 heteroatoms. The van der Waals surface area contributed by atoms with Crippen molar-refractivity contribution in [2.24, 2.45) is 0 Å². The second-order valence-corrected chi connectivity index (χ2v) is 5.96. The van der Waals surface area contributed by atoms with Gasteiger partial charge in [0.15, 0.2) is 5.69 Å². The molecule has 0 unspecified atom stereocenters. The van der Waals surface area contributed by atoms with Crippen LogP contribution >= 0.6 is 0 Å². The summed E-state index contributed by atoms with van der Waals surface area (Å²) in [6.07, 6.45) is 4.94. The molecule has 112 valence electrons. The van der Waals surface area contributed by atoms with Gasteiger partial charge >= 0.3 is 0 Å². The highest BCUT2D eigenvalue weighted by atomic mass is 15.0. The summed E-state index contributed by atoms with van der Waals surface area (Å²) >= 11 is 0. The van der Waals surface area contributed by atoms with Crippen LogP contribution in [0, 0.1) is 6.92 Å². The number of benzene rings is 2. The molecule has 0 atom stereocenters. The predicted molar refractivity (Wildman–Crippen MR) is 93.4 cm³/mol. The van der Waals surface area contributed by atoms with Crippen LogP contribution in [0.15, 0.2) is 60.7 Å². The van der Waals surface area contributed by atoms with Gasteiger partial charge < -0.3 is 0 Å². The zero-order valence-corrected chi connectivity index (χ0v) is 13.5. The Labute approximate surface area is 133 Å². The summed E-state index contributed by atoms with van der Waals surface area (Å²) in [5.41, 5.74) is 5.30. The first-order valence-corrected chi connectivity index (χ1v) is 8.30. The minimum Gasteiger partial charge on any atom is -0.157 e. The highest BCUT2D eigenvalue weighted by molar-refractivity contribution is 5.79. The molecule has 0 bridgehead atoms. The number of hydrogen-bond acceptors (Lipinski definition) is 0. The van der Waals surface area contributed by atoms with E-state index in [0.29, 0.717) is 0 Å². The van der Waals surface area contributed by atoms with E-state index in [9.17, 15) is 0 Å². The quantitative estimate of drug-likeness (QED) is 0.451. The first-order valence-electron chi connectivity index (χ1n) is 8.30. The molecule has 1 nitrogen and oxygen atoms in total. The van der Waals surface area contributed by atoms with Crippen LogP contribution in [0.2, 0.25) is 0 Å². The summed E-state index contributed by atoms with van der Waals surface area (Å²) in [7, 11) is 0. The maximum Gasteiger partial charge on any atom is 0.218 e. The maximum absolute atomic E-state index is 2.43. The number of aromatic nitrogens is 1. The fourth-order valence-corrected chi connectivity index (χ4v) is 3.12. The molecule has 0 amide bonds. The van der Waals surface area contributed by atoms with E-state index in [2.05, 4.69) is 79.1 Å². The van der Waals surface area contributed by atoms with Gasteiger partial charge in [-0.1, -0.05) is 50.1 Å². The number of para-hydroxylation sites is 1. The first-order chi connectivity index (χ1) is 10.8. The molecule has 0 saturated carbocycles. The molecule has 0 aliphatic carbocycles.